The van der Waals surface area contributed by atoms with Crippen LogP contribution in [0.25, 0.3) is 0 Å². The molecule has 150 valence electrons. The van der Waals surface area contributed by atoms with Crippen molar-refractivity contribution < 1.29 is 19.1 Å². The molecule has 0 spiro atoms. The molecule has 1 saturated heterocycles. The molecular weight excluding hydrogens is 378 g/mol. The lowest BCUT2D eigenvalue weighted by atomic mass is 9.63. The van der Waals surface area contributed by atoms with E-state index in [-0.39, 0.29) is 35.5 Å². The van der Waals surface area contributed by atoms with Crippen LogP contribution in [-0.4, -0.2) is 17.8 Å². The standard InChI is InChI=1S/C25H21NO4/c1-13-4-2-3-5-16(13)25(29)30-15-8-6-14(7-9-15)26-23(27)21-17-10-11-18(20-12-19(17)20)22(21)24(26)28/h2-11,17-22H,12H2,1H3/t17-,18-,19-,20-,21-,22+/m0/s1. The number of amides is 2. The topological polar surface area (TPSA) is 63.7 Å². The lowest BCUT2D eigenvalue weighted by Gasteiger charge is -2.37. The Morgan fingerprint density at radius 2 is 1.50 bits per heavy atom. The number of ether oxygens (including phenoxy) is 1. The van der Waals surface area contributed by atoms with E-state index in [0.717, 1.165) is 12.0 Å². The van der Waals surface area contributed by atoms with Gasteiger partial charge in [-0.2, -0.15) is 0 Å². The van der Waals surface area contributed by atoms with E-state index in [1.165, 1.54) is 4.90 Å². The molecule has 1 aliphatic heterocycles. The normalized spacial score (nSPS) is 32.8. The lowest BCUT2D eigenvalue weighted by molar-refractivity contribution is -0.124. The summed E-state index contributed by atoms with van der Waals surface area (Å²) in [7, 11) is 0. The predicted octanol–water partition coefficient (Wildman–Crippen LogP) is 3.77. The summed E-state index contributed by atoms with van der Waals surface area (Å²) in [4.78, 5) is 40.1. The third kappa shape index (κ3) is 2.38. The van der Waals surface area contributed by atoms with Crippen LogP contribution < -0.4 is 9.64 Å². The third-order valence-corrected chi connectivity index (χ3v) is 7.33. The van der Waals surface area contributed by atoms with Crippen LogP contribution in [0.5, 0.6) is 5.75 Å². The van der Waals surface area contributed by atoms with Crippen LogP contribution in [0.2, 0.25) is 0 Å². The number of hydrogen-bond donors (Lipinski definition) is 0. The Morgan fingerprint density at radius 1 is 0.900 bits per heavy atom. The van der Waals surface area contributed by atoms with Crippen molar-refractivity contribution in [3.05, 3.63) is 71.8 Å². The fourth-order valence-electron chi connectivity index (χ4n) is 5.84. The predicted molar refractivity (Wildman–Crippen MR) is 110 cm³/mol. The van der Waals surface area contributed by atoms with Gasteiger partial charge in [0, 0.05) is 0 Å². The maximum atomic E-state index is 13.2. The maximum absolute atomic E-state index is 13.2. The molecule has 5 heteroatoms. The Morgan fingerprint density at radius 3 is 2.10 bits per heavy atom. The summed E-state index contributed by atoms with van der Waals surface area (Å²) < 4.78 is 5.47. The molecule has 1 heterocycles. The average Bonchev–Trinajstić information content (AvgIpc) is 3.53. The quantitative estimate of drug-likeness (QED) is 0.341. The molecule has 30 heavy (non-hydrogen) atoms. The van der Waals surface area contributed by atoms with Gasteiger partial charge in [-0.05, 0) is 72.9 Å². The summed E-state index contributed by atoms with van der Waals surface area (Å²) >= 11 is 0. The molecule has 3 fully saturated rings. The molecule has 0 radical (unpaired) electrons. The molecule has 2 saturated carbocycles. The molecule has 7 rings (SSSR count). The van der Waals surface area contributed by atoms with Crippen LogP contribution >= 0.6 is 0 Å². The zero-order chi connectivity index (χ0) is 20.6. The van der Waals surface area contributed by atoms with Crippen molar-refractivity contribution in [2.24, 2.45) is 35.5 Å². The molecule has 0 aromatic heterocycles. The number of nitrogens with zero attached hydrogens (tertiary/aromatic N) is 1. The van der Waals surface area contributed by atoms with Gasteiger partial charge in [-0.3, -0.25) is 14.5 Å². The van der Waals surface area contributed by atoms with Crippen LogP contribution in [-0.2, 0) is 9.59 Å². The van der Waals surface area contributed by atoms with Gasteiger partial charge in [0.2, 0.25) is 11.8 Å². The molecule has 2 aromatic carbocycles. The van der Waals surface area contributed by atoms with Crippen LogP contribution in [0.15, 0.2) is 60.7 Å². The molecule has 2 aromatic rings. The van der Waals surface area contributed by atoms with Gasteiger partial charge in [0.05, 0.1) is 23.1 Å². The van der Waals surface area contributed by atoms with E-state index < -0.39 is 5.97 Å². The second-order valence-corrected chi connectivity index (χ2v) is 8.86. The first-order valence-corrected chi connectivity index (χ1v) is 10.5. The first-order chi connectivity index (χ1) is 14.5. The molecule has 5 aliphatic rings. The molecule has 6 atom stereocenters. The van der Waals surface area contributed by atoms with E-state index in [0.29, 0.717) is 28.8 Å². The number of allylic oxidation sites excluding steroid dienone is 2. The van der Waals surface area contributed by atoms with E-state index >= 15 is 0 Å². The summed E-state index contributed by atoms with van der Waals surface area (Å²) in [5.74, 6) is 0.945. The smallest absolute Gasteiger partial charge is 0.343 e. The fourth-order valence-corrected chi connectivity index (χ4v) is 5.84. The zero-order valence-electron chi connectivity index (χ0n) is 16.5. The highest BCUT2D eigenvalue weighted by atomic mass is 16.5. The molecule has 4 aliphatic carbocycles. The van der Waals surface area contributed by atoms with Crippen molar-refractivity contribution in [3.63, 3.8) is 0 Å². The largest absolute Gasteiger partial charge is 0.423 e. The van der Waals surface area contributed by atoms with Crippen LogP contribution in [0.4, 0.5) is 5.69 Å². The molecule has 0 unspecified atom stereocenters. The van der Waals surface area contributed by atoms with Crippen molar-refractivity contribution in [1.82, 2.24) is 0 Å². The van der Waals surface area contributed by atoms with Crippen molar-refractivity contribution in [2.45, 2.75) is 13.3 Å². The molecule has 2 bridgehead atoms. The zero-order valence-corrected chi connectivity index (χ0v) is 16.5. The Labute approximate surface area is 174 Å². The third-order valence-electron chi connectivity index (χ3n) is 7.33. The summed E-state index contributed by atoms with van der Waals surface area (Å²) in [5.41, 5.74) is 1.90. The van der Waals surface area contributed by atoms with Gasteiger partial charge in [-0.25, -0.2) is 4.79 Å². The van der Waals surface area contributed by atoms with E-state index in [4.69, 9.17) is 4.74 Å². The first kappa shape index (κ1) is 17.6. The minimum Gasteiger partial charge on any atom is -0.423 e. The first-order valence-electron chi connectivity index (χ1n) is 10.5. The lowest BCUT2D eigenvalue weighted by Crippen LogP contribution is -2.40. The number of carbonyl (C=O) groups is 3. The van der Waals surface area contributed by atoms with Crippen molar-refractivity contribution in [3.8, 4) is 5.75 Å². The van der Waals surface area contributed by atoms with E-state index in [1.54, 1.807) is 36.4 Å². The van der Waals surface area contributed by atoms with E-state index in [1.807, 2.05) is 19.1 Å². The van der Waals surface area contributed by atoms with Crippen molar-refractivity contribution in [1.29, 1.82) is 0 Å². The Hall–Kier alpha value is -3.21. The van der Waals surface area contributed by atoms with Gasteiger partial charge in [0.25, 0.3) is 0 Å². The molecule has 2 amide bonds. The summed E-state index contributed by atoms with van der Waals surface area (Å²) in [6.07, 6.45) is 5.49. The second kappa shape index (κ2) is 6.14. The number of aryl methyl sites for hydroxylation is 1. The van der Waals surface area contributed by atoms with Gasteiger partial charge >= 0.3 is 5.97 Å². The van der Waals surface area contributed by atoms with Gasteiger partial charge in [-0.15, -0.1) is 0 Å². The number of esters is 1. The second-order valence-electron chi connectivity index (χ2n) is 8.86. The van der Waals surface area contributed by atoms with E-state index in [2.05, 4.69) is 12.2 Å². The Balaban J connectivity index is 1.23. The van der Waals surface area contributed by atoms with Gasteiger partial charge in [0.15, 0.2) is 0 Å². The number of imide groups is 1. The highest BCUT2D eigenvalue weighted by Crippen LogP contribution is 2.65. The highest BCUT2D eigenvalue weighted by Gasteiger charge is 2.67. The van der Waals surface area contributed by atoms with Gasteiger partial charge < -0.3 is 4.74 Å². The Kier molecular flexibility index (Phi) is 3.61. The van der Waals surface area contributed by atoms with Crippen LogP contribution in [0, 0.1) is 42.4 Å². The molecular formula is C25H21NO4. The van der Waals surface area contributed by atoms with Gasteiger partial charge in [-0.1, -0.05) is 30.4 Å². The average molecular weight is 399 g/mol. The fraction of sp³-hybridized carbons (Fsp3) is 0.320. The molecule has 5 nitrogen and oxygen atoms in total. The summed E-state index contributed by atoms with van der Waals surface area (Å²) in [6, 6.07) is 13.9. The Bertz CT molecular complexity index is 1080. The highest BCUT2D eigenvalue weighted by molar-refractivity contribution is 6.22. The minimum absolute atomic E-state index is 0.0839. The van der Waals surface area contributed by atoms with E-state index in [9.17, 15) is 14.4 Å². The summed E-state index contributed by atoms with van der Waals surface area (Å²) in [6.45, 7) is 1.86. The number of rotatable bonds is 3. The SMILES string of the molecule is Cc1ccccc1C(=O)Oc1ccc(N2C(=O)[C@@H]3[C@H]4C=C[C@@H]([C@@H]5C[C@@H]45)[C@@H]3C2=O)cc1. The number of anilines is 1. The summed E-state index contributed by atoms with van der Waals surface area (Å²) in [5, 5.41) is 0. The molecule has 0 N–H and O–H groups in total. The van der Waals surface area contributed by atoms with Crippen molar-refractivity contribution in [2.75, 3.05) is 4.90 Å². The monoisotopic (exact) mass is 399 g/mol. The van der Waals surface area contributed by atoms with Crippen LogP contribution in [0.3, 0.4) is 0 Å². The number of hydrogen-bond acceptors (Lipinski definition) is 4. The van der Waals surface area contributed by atoms with Gasteiger partial charge in [0.1, 0.15) is 5.75 Å². The number of benzene rings is 2. The number of carbonyl (C=O) groups excluding carboxylic acids is 3. The minimum atomic E-state index is -0.429. The van der Waals surface area contributed by atoms with Crippen molar-refractivity contribution >= 4 is 23.5 Å². The van der Waals surface area contributed by atoms with Crippen LogP contribution in [0.1, 0.15) is 22.3 Å². The maximum Gasteiger partial charge on any atom is 0.343 e.